The zero-order valence-corrected chi connectivity index (χ0v) is 15.0. The van der Waals surface area contributed by atoms with E-state index in [1.165, 1.54) is 39.0 Å². The summed E-state index contributed by atoms with van der Waals surface area (Å²) in [5.74, 6) is 0.350. The Balaban J connectivity index is 1.62. The fourth-order valence-corrected chi connectivity index (χ4v) is 4.06. The van der Waals surface area contributed by atoms with E-state index in [1.54, 1.807) is 0 Å². The van der Waals surface area contributed by atoms with Crippen LogP contribution in [0.2, 0.25) is 0 Å². The second-order valence-electron chi connectivity index (χ2n) is 7.01. The molecule has 128 valence electrons. The van der Waals surface area contributed by atoms with Gasteiger partial charge in [-0.15, -0.1) is 0 Å². The van der Waals surface area contributed by atoms with E-state index < -0.39 is 0 Å². The fourth-order valence-electron chi connectivity index (χ4n) is 4.06. The van der Waals surface area contributed by atoms with E-state index in [1.807, 2.05) is 0 Å². The quantitative estimate of drug-likeness (QED) is 0.490. The van der Waals surface area contributed by atoms with E-state index in [0.717, 1.165) is 0 Å². The summed E-state index contributed by atoms with van der Waals surface area (Å²) in [7, 11) is 0. The van der Waals surface area contributed by atoms with Crippen LogP contribution in [-0.4, -0.2) is 0 Å². The molecule has 27 heavy (non-hydrogen) atoms. The lowest BCUT2D eigenvalue weighted by Crippen LogP contribution is -1.95. The minimum Gasteiger partial charge on any atom is -0.0720 e. The normalized spacial score (nSPS) is 17.1. The van der Waals surface area contributed by atoms with Crippen molar-refractivity contribution >= 4 is 11.6 Å². The van der Waals surface area contributed by atoms with Crippen molar-refractivity contribution in [2.45, 2.75) is 5.92 Å². The van der Waals surface area contributed by atoms with Crippen molar-refractivity contribution in [1.29, 1.82) is 0 Å². The van der Waals surface area contributed by atoms with Gasteiger partial charge in [0.15, 0.2) is 0 Å². The van der Waals surface area contributed by atoms with Crippen LogP contribution >= 0.6 is 0 Å². The van der Waals surface area contributed by atoms with Gasteiger partial charge in [0, 0.05) is 5.92 Å². The summed E-state index contributed by atoms with van der Waals surface area (Å²) in [6.45, 7) is 0. The molecule has 0 saturated heterocycles. The third kappa shape index (κ3) is 2.90. The lowest BCUT2D eigenvalue weighted by Gasteiger charge is -2.12. The van der Waals surface area contributed by atoms with Gasteiger partial charge < -0.3 is 0 Å². The Hall–Kier alpha value is -3.38. The van der Waals surface area contributed by atoms with E-state index in [9.17, 15) is 0 Å². The lowest BCUT2D eigenvalue weighted by molar-refractivity contribution is 1.06. The van der Waals surface area contributed by atoms with Gasteiger partial charge in [-0.3, -0.25) is 0 Å². The molecule has 0 aromatic heterocycles. The van der Waals surface area contributed by atoms with Crippen LogP contribution in [0, 0.1) is 0 Å². The lowest BCUT2D eigenvalue weighted by atomic mass is 9.91. The highest BCUT2D eigenvalue weighted by Crippen LogP contribution is 2.40. The monoisotopic (exact) mass is 344 g/mol. The maximum absolute atomic E-state index is 2.35. The van der Waals surface area contributed by atoms with Gasteiger partial charge in [0.25, 0.3) is 0 Å². The van der Waals surface area contributed by atoms with Gasteiger partial charge in [-0.05, 0) is 39.0 Å². The molecule has 5 rings (SSSR count). The summed E-state index contributed by atoms with van der Waals surface area (Å²) in [6, 6.07) is 30.0. The Morgan fingerprint density at radius 1 is 0.593 bits per heavy atom. The zero-order chi connectivity index (χ0) is 18.1. The molecule has 0 amide bonds. The van der Waals surface area contributed by atoms with Crippen LogP contribution in [0.5, 0.6) is 0 Å². The van der Waals surface area contributed by atoms with Crippen LogP contribution < -0.4 is 0 Å². The highest BCUT2D eigenvalue weighted by molar-refractivity contribution is 5.86. The molecule has 0 saturated carbocycles. The minimum absolute atomic E-state index is 0.350. The van der Waals surface area contributed by atoms with Crippen LogP contribution in [0.15, 0.2) is 120 Å². The molecule has 0 nitrogen and oxygen atoms in total. The standard InChI is InChI=1S/C27H20/c1-3-10-21(11-4-1)27(22-12-5-2-6-13-22)24-16-15-23(19-24)26-18-17-20-9-7-8-14-25(20)26/h1-19,26H. The summed E-state index contributed by atoms with van der Waals surface area (Å²) in [6.07, 6.45) is 11.4. The minimum atomic E-state index is 0.350. The summed E-state index contributed by atoms with van der Waals surface area (Å²) in [4.78, 5) is 0. The first-order valence-corrected chi connectivity index (χ1v) is 9.42. The molecule has 1 atom stereocenters. The number of benzene rings is 3. The van der Waals surface area contributed by atoms with Gasteiger partial charge in [-0.25, -0.2) is 0 Å². The molecule has 0 heteroatoms. The third-order valence-electron chi connectivity index (χ3n) is 5.35. The molecular weight excluding hydrogens is 324 g/mol. The van der Waals surface area contributed by atoms with Crippen LogP contribution in [0.25, 0.3) is 11.6 Å². The smallest absolute Gasteiger partial charge is 0.0278 e. The second kappa shape index (κ2) is 6.74. The summed E-state index contributed by atoms with van der Waals surface area (Å²) < 4.78 is 0. The van der Waals surface area contributed by atoms with Crippen LogP contribution in [0.1, 0.15) is 28.2 Å². The summed E-state index contributed by atoms with van der Waals surface area (Å²) in [5.41, 5.74) is 9.16. The second-order valence-corrected chi connectivity index (χ2v) is 7.01. The molecule has 0 bridgehead atoms. The predicted octanol–water partition coefficient (Wildman–Crippen LogP) is 6.80. The van der Waals surface area contributed by atoms with Crippen LogP contribution in [0.3, 0.4) is 0 Å². The Bertz CT molecular complexity index is 1050. The van der Waals surface area contributed by atoms with Crippen molar-refractivity contribution < 1.29 is 0 Å². The molecule has 3 aromatic carbocycles. The zero-order valence-electron chi connectivity index (χ0n) is 15.0. The van der Waals surface area contributed by atoms with E-state index in [-0.39, 0.29) is 0 Å². The molecule has 2 aliphatic carbocycles. The largest absolute Gasteiger partial charge is 0.0720 e. The molecule has 2 aliphatic rings. The first-order valence-electron chi connectivity index (χ1n) is 9.42. The summed E-state index contributed by atoms with van der Waals surface area (Å²) in [5, 5.41) is 0. The van der Waals surface area contributed by atoms with Crippen molar-refractivity contribution in [3.8, 4) is 0 Å². The van der Waals surface area contributed by atoms with Crippen molar-refractivity contribution in [3.63, 3.8) is 0 Å². The van der Waals surface area contributed by atoms with Crippen molar-refractivity contribution in [3.05, 3.63) is 143 Å². The number of allylic oxidation sites excluding steroid dienone is 6. The fraction of sp³-hybridized carbons (Fsp3) is 0.0370. The maximum Gasteiger partial charge on any atom is 0.0278 e. The highest BCUT2D eigenvalue weighted by Gasteiger charge is 2.22. The average Bonchev–Trinajstić information content (AvgIpc) is 3.37. The van der Waals surface area contributed by atoms with Gasteiger partial charge in [0.2, 0.25) is 0 Å². The number of hydrogen-bond donors (Lipinski definition) is 0. The molecule has 3 aromatic rings. The van der Waals surface area contributed by atoms with Gasteiger partial charge >= 0.3 is 0 Å². The molecule has 0 fully saturated rings. The van der Waals surface area contributed by atoms with Crippen molar-refractivity contribution in [2.75, 3.05) is 0 Å². The first-order chi connectivity index (χ1) is 13.4. The first kappa shape index (κ1) is 15.8. The van der Waals surface area contributed by atoms with E-state index in [2.05, 4.69) is 115 Å². The average molecular weight is 344 g/mol. The Morgan fingerprint density at radius 2 is 1.22 bits per heavy atom. The van der Waals surface area contributed by atoms with E-state index in [0.29, 0.717) is 5.92 Å². The molecular formula is C27H20. The highest BCUT2D eigenvalue weighted by atomic mass is 14.3. The third-order valence-corrected chi connectivity index (χ3v) is 5.35. The Labute approximate surface area is 160 Å². The van der Waals surface area contributed by atoms with Crippen LogP contribution in [0.4, 0.5) is 0 Å². The number of fused-ring (bicyclic) bond motifs is 1. The van der Waals surface area contributed by atoms with Crippen LogP contribution in [-0.2, 0) is 0 Å². The SMILES string of the molecule is C1=CC(=C(c2ccccc2)c2ccccc2)C=C1C1C=Cc2ccccc21. The number of hydrogen-bond acceptors (Lipinski definition) is 0. The predicted molar refractivity (Wildman–Crippen MR) is 114 cm³/mol. The van der Waals surface area contributed by atoms with Crippen molar-refractivity contribution in [2.24, 2.45) is 0 Å². The Kier molecular flexibility index (Phi) is 3.95. The molecule has 0 aliphatic heterocycles. The molecule has 0 heterocycles. The van der Waals surface area contributed by atoms with Gasteiger partial charge in [0.05, 0.1) is 0 Å². The van der Waals surface area contributed by atoms with E-state index >= 15 is 0 Å². The molecule has 0 radical (unpaired) electrons. The Morgan fingerprint density at radius 3 is 1.93 bits per heavy atom. The topological polar surface area (TPSA) is 0 Å². The van der Waals surface area contributed by atoms with E-state index in [4.69, 9.17) is 0 Å². The molecule has 0 N–H and O–H groups in total. The molecule has 1 unspecified atom stereocenters. The maximum atomic E-state index is 2.35. The van der Waals surface area contributed by atoms with Gasteiger partial charge in [-0.2, -0.15) is 0 Å². The van der Waals surface area contributed by atoms with Crippen molar-refractivity contribution in [1.82, 2.24) is 0 Å². The molecule has 0 spiro atoms. The summed E-state index contributed by atoms with van der Waals surface area (Å²) >= 11 is 0. The van der Waals surface area contributed by atoms with Gasteiger partial charge in [-0.1, -0.05) is 115 Å². The number of rotatable bonds is 3. The van der Waals surface area contributed by atoms with Gasteiger partial charge in [0.1, 0.15) is 0 Å².